The van der Waals surface area contributed by atoms with Gasteiger partial charge in [0.05, 0.1) is 18.6 Å². The molecule has 0 saturated carbocycles. The number of morpholine rings is 1. The van der Waals surface area contributed by atoms with Gasteiger partial charge in [0.25, 0.3) is 5.56 Å². The molecule has 1 aliphatic rings. The van der Waals surface area contributed by atoms with E-state index in [9.17, 15) is 4.79 Å². The minimum atomic E-state index is -0.187. The molecule has 1 saturated heterocycles. The molecular weight excluding hydrogens is 436 g/mol. The number of aromatic nitrogens is 2. The van der Waals surface area contributed by atoms with Crippen LogP contribution in [0.15, 0.2) is 71.8 Å². The molecule has 4 aromatic rings. The van der Waals surface area contributed by atoms with E-state index in [2.05, 4.69) is 32.3 Å². The fourth-order valence-electron chi connectivity index (χ4n) is 3.88. The summed E-state index contributed by atoms with van der Waals surface area (Å²) in [7, 11) is 0. The number of pyridine rings is 2. The SMILES string of the molecule is CC.O=c1[nH]cc(-c2ccc(Cl)cc2)c2ccnc(Nc3ccc(N4CCOCC4)cc3)c12. The second-order valence-electron chi connectivity index (χ2n) is 7.39. The van der Waals surface area contributed by atoms with E-state index in [1.165, 1.54) is 0 Å². The van der Waals surface area contributed by atoms with Crippen LogP contribution in [0, 0.1) is 0 Å². The highest BCUT2D eigenvalue weighted by molar-refractivity contribution is 6.30. The van der Waals surface area contributed by atoms with Crippen molar-refractivity contribution in [3.05, 3.63) is 82.4 Å². The zero-order valence-corrected chi connectivity index (χ0v) is 19.5. The first-order valence-corrected chi connectivity index (χ1v) is 11.5. The number of hydrogen-bond acceptors (Lipinski definition) is 5. The number of H-pyrrole nitrogens is 1. The van der Waals surface area contributed by atoms with Crippen LogP contribution in [0.2, 0.25) is 5.02 Å². The lowest BCUT2D eigenvalue weighted by Crippen LogP contribution is -2.36. The predicted molar refractivity (Wildman–Crippen MR) is 137 cm³/mol. The van der Waals surface area contributed by atoms with Gasteiger partial charge in [-0.15, -0.1) is 0 Å². The van der Waals surface area contributed by atoms with E-state index in [1.807, 2.05) is 56.3 Å². The second kappa shape index (κ2) is 10.5. The number of halogens is 1. The van der Waals surface area contributed by atoms with Gasteiger partial charge in [-0.2, -0.15) is 0 Å². The molecular formula is C26H27ClN4O2. The summed E-state index contributed by atoms with van der Waals surface area (Å²) in [5.41, 5.74) is 3.72. The van der Waals surface area contributed by atoms with Gasteiger partial charge in [0.1, 0.15) is 5.82 Å². The number of rotatable bonds is 4. The first kappa shape index (κ1) is 22.8. The molecule has 5 rings (SSSR count). The van der Waals surface area contributed by atoms with E-state index < -0.39 is 0 Å². The van der Waals surface area contributed by atoms with Crippen molar-refractivity contribution < 1.29 is 4.74 Å². The van der Waals surface area contributed by atoms with Crippen LogP contribution < -0.4 is 15.8 Å². The van der Waals surface area contributed by atoms with Crippen LogP contribution in [-0.2, 0) is 4.74 Å². The minimum Gasteiger partial charge on any atom is -0.378 e. The van der Waals surface area contributed by atoms with Crippen LogP contribution in [0.1, 0.15) is 13.8 Å². The molecule has 0 spiro atoms. The monoisotopic (exact) mass is 462 g/mol. The molecule has 2 aromatic heterocycles. The molecule has 170 valence electrons. The Labute approximate surface area is 198 Å². The third kappa shape index (κ3) is 5.02. The van der Waals surface area contributed by atoms with E-state index >= 15 is 0 Å². The highest BCUT2D eigenvalue weighted by Crippen LogP contribution is 2.31. The smallest absolute Gasteiger partial charge is 0.259 e. The van der Waals surface area contributed by atoms with Gasteiger partial charge in [0.2, 0.25) is 0 Å². The van der Waals surface area contributed by atoms with Gasteiger partial charge >= 0.3 is 0 Å². The van der Waals surface area contributed by atoms with Gasteiger partial charge in [-0.1, -0.05) is 37.6 Å². The van der Waals surface area contributed by atoms with Gasteiger partial charge in [-0.3, -0.25) is 4.79 Å². The van der Waals surface area contributed by atoms with Crippen molar-refractivity contribution in [2.45, 2.75) is 13.8 Å². The number of hydrogen-bond donors (Lipinski definition) is 2. The molecule has 7 heteroatoms. The van der Waals surface area contributed by atoms with Gasteiger partial charge in [-0.05, 0) is 48.0 Å². The Morgan fingerprint density at radius 3 is 2.39 bits per heavy atom. The summed E-state index contributed by atoms with van der Waals surface area (Å²) in [6, 6.07) is 17.6. The lowest BCUT2D eigenvalue weighted by Gasteiger charge is -2.28. The minimum absolute atomic E-state index is 0.187. The number of aromatic amines is 1. The van der Waals surface area contributed by atoms with Crippen molar-refractivity contribution in [1.82, 2.24) is 9.97 Å². The zero-order chi connectivity index (χ0) is 23.2. The topological polar surface area (TPSA) is 70.2 Å². The maximum Gasteiger partial charge on any atom is 0.259 e. The molecule has 0 unspecified atom stereocenters. The molecule has 3 heterocycles. The van der Waals surface area contributed by atoms with Gasteiger partial charge in [0.15, 0.2) is 0 Å². The normalized spacial score (nSPS) is 13.4. The van der Waals surface area contributed by atoms with Crippen molar-refractivity contribution >= 4 is 39.6 Å². The number of nitrogens with one attached hydrogen (secondary N) is 2. The first-order chi connectivity index (χ1) is 16.2. The first-order valence-electron chi connectivity index (χ1n) is 11.2. The molecule has 33 heavy (non-hydrogen) atoms. The molecule has 0 aliphatic carbocycles. The summed E-state index contributed by atoms with van der Waals surface area (Å²) in [6.07, 6.45) is 3.44. The molecule has 2 aromatic carbocycles. The van der Waals surface area contributed by atoms with Crippen LogP contribution in [-0.4, -0.2) is 36.3 Å². The largest absolute Gasteiger partial charge is 0.378 e. The Kier molecular flexibility index (Phi) is 7.27. The Balaban J connectivity index is 0.00000126. The number of fused-ring (bicyclic) bond motifs is 1. The van der Waals surface area contributed by atoms with Crippen molar-refractivity contribution in [3.8, 4) is 11.1 Å². The fourth-order valence-corrected chi connectivity index (χ4v) is 4.01. The molecule has 0 amide bonds. The van der Waals surface area contributed by atoms with Crippen LogP contribution in [0.4, 0.5) is 17.2 Å². The van der Waals surface area contributed by atoms with Crippen molar-refractivity contribution in [2.75, 3.05) is 36.5 Å². The van der Waals surface area contributed by atoms with Crippen molar-refractivity contribution in [2.24, 2.45) is 0 Å². The van der Waals surface area contributed by atoms with Crippen LogP contribution in [0.5, 0.6) is 0 Å². The molecule has 0 radical (unpaired) electrons. The second-order valence-corrected chi connectivity index (χ2v) is 7.83. The number of benzene rings is 2. The van der Waals surface area contributed by atoms with Gasteiger partial charge in [0, 0.05) is 52.8 Å². The third-order valence-electron chi connectivity index (χ3n) is 5.48. The highest BCUT2D eigenvalue weighted by atomic mass is 35.5. The Morgan fingerprint density at radius 2 is 1.70 bits per heavy atom. The molecule has 0 bridgehead atoms. The fraction of sp³-hybridized carbons (Fsp3) is 0.231. The number of anilines is 3. The van der Waals surface area contributed by atoms with E-state index in [0.717, 1.165) is 54.2 Å². The third-order valence-corrected chi connectivity index (χ3v) is 5.73. The Hall–Kier alpha value is -3.35. The Morgan fingerprint density at radius 1 is 1.00 bits per heavy atom. The number of ether oxygens (including phenoxy) is 1. The van der Waals surface area contributed by atoms with Gasteiger partial charge < -0.3 is 19.9 Å². The molecule has 1 fully saturated rings. The summed E-state index contributed by atoms with van der Waals surface area (Å²) in [5, 5.41) is 5.33. The van der Waals surface area contributed by atoms with Crippen LogP contribution >= 0.6 is 11.6 Å². The molecule has 2 N–H and O–H groups in total. The quantitative estimate of drug-likeness (QED) is 0.398. The lowest BCUT2D eigenvalue weighted by molar-refractivity contribution is 0.122. The summed E-state index contributed by atoms with van der Waals surface area (Å²) >= 11 is 6.03. The van der Waals surface area contributed by atoms with Gasteiger partial charge in [-0.25, -0.2) is 4.98 Å². The molecule has 1 aliphatic heterocycles. The summed E-state index contributed by atoms with van der Waals surface area (Å²) < 4.78 is 5.42. The lowest BCUT2D eigenvalue weighted by atomic mass is 10.0. The molecule has 0 atom stereocenters. The van der Waals surface area contributed by atoms with E-state index in [-0.39, 0.29) is 5.56 Å². The molecule has 6 nitrogen and oxygen atoms in total. The Bertz CT molecular complexity index is 1260. The van der Waals surface area contributed by atoms with Crippen LogP contribution in [0.25, 0.3) is 21.9 Å². The standard InChI is InChI=1S/C24H21ClN4O2.C2H6/c25-17-3-1-16(2-4-17)21-15-27-24(30)22-20(21)9-10-26-23(22)28-18-5-7-19(8-6-18)29-11-13-31-14-12-29;1-2/h1-10,15H,11-14H2,(H,26,28)(H,27,30);1-2H3. The van der Waals surface area contributed by atoms with E-state index in [1.54, 1.807) is 12.4 Å². The van der Waals surface area contributed by atoms with E-state index in [0.29, 0.717) is 16.2 Å². The summed E-state index contributed by atoms with van der Waals surface area (Å²) in [6.45, 7) is 7.28. The van der Waals surface area contributed by atoms with Crippen molar-refractivity contribution in [1.29, 1.82) is 0 Å². The van der Waals surface area contributed by atoms with E-state index in [4.69, 9.17) is 16.3 Å². The number of nitrogens with zero attached hydrogens (tertiary/aromatic N) is 2. The van der Waals surface area contributed by atoms with Crippen molar-refractivity contribution in [3.63, 3.8) is 0 Å². The zero-order valence-electron chi connectivity index (χ0n) is 18.8. The maximum absolute atomic E-state index is 12.7. The summed E-state index contributed by atoms with van der Waals surface area (Å²) in [4.78, 5) is 22.3. The average Bonchev–Trinajstić information content (AvgIpc) is 2.87. The average molecular weight is 463 g/mol. The summed E-state index contributed by atoms with van der Waals surface area (Å²) in [5.74, 6) is 0.522. The highest BCUT2D eigenvalue weighted by Gasteiger charge is 2.14. The maximum atomic E-state index is 12.7. The van der Waals surface area contributed by atoms with Crippen LogP contribution in [0.3, 0.4) is 0 Å². The predicted octanol–water partition coefficient (Wildman–Crippen LogP) is 5.85.